The molecule has 0 aliphatic carbocycles. The van der Waals surface area contributed by atoms with Crippen molar-refractivity contribution >= 4 is 11.7 Å². The Morgan fingerprint density at radius 3 is 2.59 bits per heavy atom. The van der Waals surface area contributed by atoms with E-state index in [2.05, 4.69) is 19.9 Å². The highest BCUT2D eigenvalue weighted by molar-refractivity contribution is 5.77. The smallest absolute Gasteiger partial charge is 0.490 e. The lowest BCUT2D eigenvalue weighted by Crippen LogP contribution is -2.46. The quantitative estimate of drug-likeness (QED) is 0.279. The molecule has 37 heavy (non-hydrogen) atoms. The minimum Gasteiger partial charge on any atom is -0.490 e. The topological polar surface area (TPSA) is 130 Å². The molecule has 0 bridgehead atoms. The molecule has 4 rings (SSSR count). The molecule has 1 atom stereocenters. The van der Waals surface area contributed by atoms with E-state index in [0.717, 1.165) is 25.9 Å². The van der Waals surface area contributed by atoms with E-state index in [0.29, 0.717) is 25.4 Å². The van der Waals surface area contributed by atoms with Gasteiger partial charge in [-0.05, 0) is 42.0 Å². The fraction of sp³-hybridized carbons (Fsp3) is 0.545. The van der Waals surface area contributed by atoms with Crippen LogP contribution in [0.1, 0.15) is 12.8 Å². The van der Waals surface area contributed by atoms with E-state index in [9.17, 15) is 28.1 Å². The number of carbonyl (C=O) groups excluding carboxylic acids is 1. The lowest BCUT2D eigenvalue weighted by atomic mass is 10.1. The van der Waals surface area contributed by atoms with Gasteiger partial charge in [0.2, 0.25) is 5.91 Å². The molecule has 0 saturated carbocycles. The highest BCUT2D eigenvalue weighted by Gasteiger charge is 2.31. The van der Waals surface area contributed by atoms with Gasteiger partial charge in [0, 0.05) is 24.6 Å². The number of carbonyl (C=O) groups is 1. The molecule has 1 N–H and O–H groups in total. The Balaban J connectivity index is 1.08. The Morgan fingerprint density at radius 2 is 1.92 bits per heavy atom. The van der Waals surface area contributed by atoms with Gasteiger partial charge in [0.25, 0.3) is 0 Å². The molecule has 1 amide bonds. The molecule has 1 unspecified atom stereocenters. The number of fused-ring (bicyclic) bond motifs is 1. The molecule has 1 saturated heterocycles. The Kier molecular flexibility index (Phi) is 8.33. The first kappa shape index (κ1) is 26.5. The zero-order valence-corrected chi connectivity index (χ0v) is 19.7. The number of imidazole rings is 1. The number of hydrogen-bond donors (Lipinski definition) is 1. The van der Waals surface area contributed by atoms with Gasteiger partial charge in [0.1, 0.15) is 37.0 Å². The van der Waals surface area contributed by atoms with Gasteiger partial charge in [-0.2, -0.15) is 0 Å². The van der Waals surface area contributed by atoms with E-state index in [1.165, 1.54) is 35.0 Å². The highest BCUT2D eigenvalue weighted by atomic mass is 19.4. The van der Waals surface area contributed by atoms with E-state index in [4.69, 9.17) is 14.2 Å². The summed E-state index contributed by atoms with van der Waals surface area (Å²) in [7, 11) is 0. The molecule has 2 aliphatic heterocycles. The van der Waals surface area contributed by atoms with Gasteiger partial charge in [-0.15, -0.1) is 13.2 Å². The predicted molar refractivity (Wildman–Crippen MR) is 120 cm³/mol. The summed E-state index contributed by atoms with van der Waals surface area (Å²) in [6.07, 6.45) is -2.02. The molecule has 1 aromatic carbocycles. The number of ether oxygens (including phenoxy) is 4. The third kappa shape index (κ3) is 7.95. The van der Waals surface area contributed by atoms with Crippen molar-refractivity contribution in [2.45, 2.75) is 37.9 Å². The summed E-state index contributed by atoms with van der Waals surface area (Å²) in [6.45, 7) is 2.85. The average Bonchev–Trinajstić information content (AvgIpc) is 3.27. The summed E-state index contributed by atoms with van der Waals surface area (Å²) in [5.74, 6) is -0.442. The molecule has 12 nitrogen and oxygen atoms in total. The number of nitrogens with zero attached hydrogens (tertiary/aromatic N) is 4. The predicted octanol–water partition coefficient (Wildman–Crippen LogP) is 2.13. The fourth-order valence-electron chi connectivity index (χ4n) is 4.06. The Hall–Kier alpha value is -3.59. The van der Waals surface area contributed by atoms with Crippen molar-refractivity contribution in [2.75, 3.05) is 39.5 Å². The lowest BCUT2D eigenvalue weighted by Gasteiger charge is -2.32. The lowest BCUT2D eigenvalue weighted by molar-refractivity contribution is -0.389. The fourth-order valence-corrected chi connectivity index (χ4v) is 4.06. The van der Waals surface area contributed by atoms with Crippen LogP contribution >= 0.6 is 0 Å². The number of aromatic nitrogens is 2. The van der Waals surface area contributed by atoms with Crippen LogP contribution in [0.4, 0.5) is 19.0 Å². The molecule has 3 heterocycles. The number of benzene rings is 1. The number of alkyl halides is 3. The van der Waals surface area contributed by atoms with Gasteiger partial charge in [0.05, 0.1) is 19.2 Å². The maximum Gasteiger partial charge on any atom is 0.573 e. The normalized spacial score (nSPS) is 18.5. The molecule has 1 aromatic heterocycles. The van der Waals surface area contributed by atoms with Crippen LogP contribution in [0, 0.1) is 10.1 Å². The molecule has 1 fully saturated rings. The second-order valence-corrected chi connectivity index (χ2v) is 8.60. The summed E-state index contributed by atoms with van der Waals surface area (Å²) in [5, 5.41) is 13.6. The van der Waals surface area contributed by atoms with Crippen molar-refractivity contribution < 1.29 is 41.8 Å². The zero-order valence-electron chi connectivity index (χ0n) is 19.7. The second-order valence-electron chi connectivity index (χ2n) is 8.60. The number of nitrogens with one attached hydrogen (secondary N) is 1. The maximum absolute atomic E-state index is 12.3. The van der Waals surface area contributed by atoms with Crippen molar-refractivity contribution in [3.05, 3.63) is 40.6 Å². The third-order valence-corrected chi connectivity index (χ3v) is 5.79. The molecule has 2 aromatic rings. The Morgan fingerprint density at radius 1 is 1.22 bits per heavy atom. The molecular weight excluding hydrogens is 503 g/mol. The van der Waals surface area contributed by atoms with Crippen LogP contribution in [0.15, 0.2) is 30.5 Å². The van der Waals surface area contributed by atoms with Crippen LogP contribution in [0.3, 0.4) is 0 Å². The standard InChI is InChI=1S/C22H26F3N5O7/c23-22(24,25)37-18-3-1-16(2-4-18)36-17-5-7-28(8-6-17)9-10-34-14-20(31)26-15-11-29-12-19(30(32)33)27-21(29)35-13-15/h1-4,12,15,17H,5-11,13-14H2,(H,26,31). The minimum absolute atomic E-state index is 0.0486. The minimum atomic E-state index is -4.73. The number of piperidine rings is 1. The van der Waals surface area contributed by atoms with Crippen molar-refractivity contribution in [3.63, 3.8) is 0 Å². The van der Waals surface area contributed by atoms with E-state index in [1.807, 2.05) is 0 Å². The largest absolute Gasteiger partial charge is 0.573 e. The number of likely N-dealkylation sites (tertiary alicyclic amines) is 1. The summed E-state index contributed by atoms with van der Waals surface area (Å²) in [5.41, 5.74) is 0. The summed E-state index contributed by atoms with van der Waals surface area (Å²) >= 11 is 0. The van der Waals surface area contributed by atoms with E-state index in [1.54, 1.807) is 0 Å². The molecule has 0 spiro atoms. The number of rotatable bonds is 10. The Bertz CT molecular complexity index is 1070. The van der Waals surface area contributed by atoms with Crippen LogP contribution < -0.4 is 19.5 Å². The first-order valence-electron chi connectivity index (χ1n) is 11.6. The van der Waals surface area contributed by atoms with Crippen LogP contribution in [-0.2, 0) is 16.1 Å². The SMILES string of the molecule is O=C(COCCN1CCC(Oc2ccc(OC(F)(F)F)cc2)CC1)NC1COc2nc([N+](=O)[O-])cn2C1. The summed E-state index contributed by atoms with van der Waals surface area (Å²) in [4.78, 5) is 28.3. The number of amides is 1. The van der Waals surface area contributed by atoms with Crippen LogP contribution in [0.5, 0.6) is 17.5 Å². The number of halogens is 3. The number of nitro groups is 1. The van der Waals surface area contributed by atoms with Crippen LogP contribution in [-0.4, -0.2) is 83.2 Å². The van der Waals surface area contributed by atoms with Crippen molar-refractivity contribution in [2.24, 2.45) is 0 Å². The first-order valence-corrected chi connectivity index (χ1v) is 11.6. The van der Waals surface area contributed by atoms with Gasteiger partial charge in [-0.1, -0.05) is 0 Å². The van der Waals surface area contributed by atoms with Gasteiger partial charge in [0.15, 0.2) is 0 Å². The van der Waals surface area contributed by atoms with Gasteiger partial charge in [-0.25, -0.2) is 0 Å². The highest BCUT2D eigenvalue weighted by Crippen LogP contribution is 2.26. The van der Waals surface area contributed by atoms with Gasteiger partial charge >= 0.3 is 18.2 Å². The van der Waals surface area contributed by atoms with Crippen LogP contribution in [0.25, 0.3) is 0 Å². The van der Waals surface area contributed by atoms with Crippen molar-refractivity contribution in [1.82, 2.24) is 19.8 Å². The Labute approximate surface area is 209 Å². The van der Waals surface area contributed by atoms with Crippen molar-refractivity contribution in [1.29, 1.82) is 0 Å². The molecule has 202 valence electrons. The van der Waals surface area contributed by atoms with Crippen molar-refractivity contribution in [3.8, 4) is 17.5 Å². The second kappa shape index (κ2) is 11.6. The van der Waals surface area contributed by atoms with Gasteiger partial charge in [-0.3, -0.25) is 9.36 Å². The van der Waals surface area contributed by atoms with Crippen LogP contribution in [0.2, 0.25) is 0 Å². The average molecular weight is 529 g/mol. The molecule has 0 radical (unpaired) electrons. The molecular formula is C22H26F3N5O7. The maximum atomic E-state index is 12.3. The zero-order chi connectivity index (χ0) is 26.4. The summed E-state index contributed by atoms with van der Waals surface area (Å²) in [6, 6.07) is 5.12. The van der Waals surface area contributed by atoms with E-state index in [-0.39, 0.29) is 48.8 Å². The van der Waals surface area contributed by atoms with E-state index < -0.39 is 11.3 Å². The number of hydrogen-bond acceptors (Lipinski definition) is 9. The monoisotopic (exact) mass is 529 g/mol. The molecule has 2 aliphatic rings. The third-order valence-electron chi connectivity index (χ3n) is 5.79. The summed E-state index contributed by atoms with van der Waals surface area (Å²) < 4.78 is 58.8. The molecule has 15 heteroatoms. The first-order chi connectivity index (χ1) is 17.6. The van der Waals surface area contributed by atoms with Gasteiger partial charge < -0.3 is 39.3 Å². The van der Waals surface area contributed by atoms with E-state index >= 15 is 0 Å².